The predicted molar refractivity (Wildman–Crippen MR) is 101 cm³/mol. The first-order valence-electron chi connectivity index (χ1n) is 10.1. The van der Waals surface area contributed by atoms with Gasteiger partial charge in [0.15, 0.2) is 0 Å². The van der Waals surface area contributed by atoms with E-state index in [1.807, 2.05) is 6.92 Å². The molecule has 2 amide bonds. The summed E-state index contributed by atoms with van der Waals surface area (Å²) in [5, 5.41) is 12.0. The smallest absolute Gasteiger partial charge is 0.225 e. The van der Waals surface area contributed by atoms with Crippen LogP contribution in [0.25, 0.3) is 0 Å². The van der Waals surface area contributed by atoms with Crippen LogP contribution in [0.4, 0.5) is 0 Å². The molecule has 0 radical (unpaired) electrons. The van der Waals surface area contributed by atoms with E-state index in [0.717, 1.165) is 19.4 Å². The Morgan fingerprint density at radius 2 is 1.96 bits per heavy atom. The highest BCUT2D eigenvalue weighted by atomic mass is 16.2. The fourth-order valence-electron chi connectivity index (χ4n) is 4.94. The first kappa shape index (κ1) is 19.6. The Hall–Kier alpha value is -1.18. The molecule has 4 N–H and O–H groups in total. The Morgan fingerprint density at radius 3 is 2.62 bits per heavy atom. The van der Waals surface area contributed by atoms with Gasteiger partial charge in [0.05, 0.1) is 12.1 Å². The van der Waals surface area contributed by atoms with Gasteiger partial charge in [-0.15, -0.1) is 0 Å². The molecule has 3 aliphatic heterocycles. The highest BCUT2D eigenvalue weighted by molar-refractivity contribution is 5.83. The van der Waals surface area contributed by atoms with Crippen LogP contribution in [-0.4, -0.2) is 54.2 Å². The zero-order valence-corrected chi connectivity index (χ0v) is 16.7. The summed E-state index contributed by atoms with van der Waals surface area (Å²) < 4.78 is 0. The van der Waals surface area contributed by atoms with Gasteiger partial charge in [-0.1, -0.05) is 6.92 Å². The molecule has 26 heavy (non-hydrogen) atoms. The number of carbonyl (C=O) groups is 2. The molecule has 0 aromatic rings. The minimum absolute atomic E-state index is 0.0200. The summed E-state index contributed by atoms with van der Waals surface area (Å²) in [6.45, 7) is 11.9. The van der Waals surface area contributed by atoms with Crippen molar-refractivity contribution in [1.82, 2.24) is 26.4 Å². The molecular weight excluding hydrogens is 330 g/mol. The Kier molecular flexibility index (Phi) is 5.89. The topological polar surface area (TPSA) is 85.5 Å². The lowest BCUT2D eigenvalue weighted by Gasteiger charge is -2.41. The van der Waals surface area contributed by atoms with E-state index in [1.165, 1.54) is 0 Å². The minimum atomic E-state index is -0.126. The molecule has 0 saturated carbocycles. The number of hydrazine groups is 1. The largest absolute Gasteiger partial charge is 0.355 e. The second-order valence-electron chi connectivity index (χ2n) is 8.86. The van der Waals surface area contributed by atoms with E-state index in [1.54, 1.807) is 0 Å². The van der Waals surface area contributed by atoms with E-state index in [0.29, 0.717) is 24.5 Å². The van der Waals surface area contributed by atoms with Crippen LogP contribution < -0.4 is 21.4 Å². The lowest BCUT2D eigenvalue weighted by molar-refractivity contribution is -0.132. The summed E-state index contributed by atoms with van der Waals surface area (Å²) in [6, 6.07) is 0.897. The van der Waals surface area contributed by atoms with Crippen molar-refractivity contribution >= 4 is 11.8 Å². The molecule has 7 unspecified atom stereocenters. The molecule has 7 heteroatoms. The van der Waals surface area contributed by atoms with E-state index in [2.05, 4.69) is 54.1 Å². The van der Waals surface area contributed by atoms with Crippen LogP contribution in [0.3, 0.4) is 0 Å². The van der Waals surface area contributed by atoms with Gasteiger partial charge in [0.1, 0.15) is 0 Å². The van der Waals surface area contributed by atoms with Gasteiger partial charge < -0.3 is 10.6 Å². The first-order chi connectivity index (χ1) is 12.3. The first-order valence-corrected chi connectivity index (χ1v) is 10.1. The molecule has 0 bridgehead atoms. The summed E-state index contributed by atoms with van der Waals surface area (Å²) in [5.74, 6) is 0.572. The molecule has 0 spiro atoms. The summed E-state index contributed by atoms with van der Waals surface area (Å²) in [5.41, 5.74) is 3.45. The molecule has 3 heterocycles. The van der Waals surface area contributed by atoms with E-state index in [9.17, 15) is 9.59 Å². The highest BCUT2D eigenvalue weighted by Gasteiger charge is 2.46. The zero-order chi connectivity index (χ0) is 19.0. The fourth-order valence-corrected chi connectivity index (χ4v) is 4.94. The second kappa shape index (κ2) is 7.82. The molecule has 0 aromatic carbocycles. The molecule has 0 aromatic heterocycles. The van der Waals surface area contributed by atoms with E-state index < -0.39 is 0 Å². The maximum atomic E-state index is 13.0. The van der Waals surface area contributed by atoms with Crippen molar-refractivity contribution in [2.75, 3.05) is 13.1 Å². The molecule has 3 aliphatic rings. The third-order valence-corrected chi connectivity index (χ3v) is 6.32. The van der Waals surface area contributed by atoms with Crippen molar-refractivity contribution in [2.24, 2.45) is 23.7 Å². The molecule has 3 fully saturated rings. The number of carbonyl (C=O) groups excluding carboxylic acids is 2. The number of fused-ring (bicyclic) bond motifs is 1. The van der Waals surface area contributed by atoms with Gasteiger partial charge >= 0.3 is 0 Å². The third kappa shape index (κ3) is 3.89. The number of hydrogen-bond acceptors (Lipinski definition) is 5. The van der Waals surface area contributed by atoms with Crippen molar-refractivity contribution in [1.29, 1.82) is 0 Å². The molecule has 7 nitrogen and oxygen atoms in total. The van der Waals surface area contributed by atoms with Crippen LogP contribution in [0.5, 0.6) is 0 Å². The molecular formula is C19H35N5O2. The van der Waals surface area contributed by atoms with Crippen molar-refractivity contribution in [3.05, 3.63) is 0 Å². The third-order valence-electron chi connectivity index (χ3n) is 6.32. The summed E-state index contributed by atoms with van der Waals surface area (Å²) in [7, 11) is 0. The highest BCUT2D eigenvalue weighted by Crippen LogP contribution is 2.32. The molecule has 0 aliphatic carbocycles. The summed E-state index contributed by atoms with van der Waals surface area (Å²) in [4.78, 5) is 25.2. The number of rotatable bonds is 4. The van der Waals surface area contributed by atoms with Crippen LogP contribution in [0, 0.1) is 23.7 Å². The van der Waals surface area contributed by atoms with Gasteiger partial charge in [0.25, 0.3) is 0 Å². The number of nitrogens with zero attached hydrogens (tertiary/aromatic N) is 1. The fraction of sp³-hybridized carbons (Fsp3) is 0.895. The van der Waals surface area contributed by atoms with Crippen LogP contribution in [0.1, 0.15) is 47.5 Å². The van der Waals surface area contributed by atoms with E-state index >= 15 is 0 Å². The average Bonchev–Trinajstić information content (AvgIpc) is 2.96. The van der Waals surface area contributed by atoms with Crippen LogP contribution >= 0.6 is 0 Å². The number of piperidine rings is 2. The molecule has 7 atom stereocenters. The van der Waals surface area contributed by atoms with E-state index in [4.69, 9.17) is 0 Å². The molecule has 3 saturated heterocycles. The number of amides is 2. The monoisotopic (exact) mass is 365 g/mol. The Balaban J connectivity index is 1.61. The number of nitrogens with one attached hydrogen (secondary N) is 4. The lowest BCUT2D eigenvalue weighted by atomic mass is 9.80. The maximum absolute atomic E-state index is 13.0. The maximum Gasteiger partial charge on any atom is 0.225 e. The van der Waals surface area contributed by atoms with Gasteiger partial charge in [0.2, 0.25) is 11.8 Å². The Morgan fingerprint density at radius 1 is 1.23 bits per heavy atom. The second-order valence-corrected chi connectivity index (χ2v) is 8.86. The van der Waals surface area contributed by atoms with Gasteiger partial charge in [-0.2, -0.15) is 0 Å². The molecule has 3 rings (SSSR count). The normalized spacial score (nSPS) is 41.0. The Labute approximate surface area is 157 Å². The standard InChI is InChI=1S/C19H35N5O2/c1-10(2)24-17-16(9-21-24)14(7-13(5)22-17)18(25)20-8-15-11(3)6-12(4)23-19(15)26/h10-17,21-22H,6-9H2,1-5H3,(H,20,25)(H,23,26). The zero-order valence-electron chi connectivity index (χ0n) is 16.7. The van der Waals surface area contributed by atoms with Crippen LogP contribution in [0.2, 0.25) is 0 Å². The predicted octanol–water partition coefficient (Wildman–Crippen LogP) is 0.432. The van der Waals surface area contributed by atoms with Crippen LogP contribution in [0.15, 0.2) is 0 Å². The van der Waals surface area contributed by atoms with Gasteiger partial charge in [-0.3, -0.25) is 20.3 Å². The van der Waals surface area contributed by atoms with Crippen molar-refractivity contribution in [2.45, 2.75) is 71.8 Å². The van der Waals surface area contributed by atoms with Crippen molar-refractivity contribution in [3.8, 4) is 0 Å². The van der Waals surface area contributed by atoms with Gasteiger partial charge in [-0.25, -0.2) is 5.01 Å². The van der Waals surface area contributed by atoms with E-state index in [-0.39, 0.29) is 41.8 Å². The average molecular weight is 366 g/mol. The van der Waals surface area contributed by atoms with Crippen molar-refractivity contribution < 1.29 is 9.59 Å². The summed E-state index contributed by atoms with van der Waals surface area (Å²) >= 11 is 0. The van der Waals surface area contributed by atoms with Crippen molar-refractivity contribution in [3.63, 3.8) is 0 Å². The van der Waals surface area contributed by atoms with Gasteiger partial charge in [-0.05, 0) is 46.5 Å². The molecule has 148 valence electrons. The number of hydrogen-bond donors (Lipinski definition) is 4. The van der Waals surface area contributed by atoms with Gasteiger partial charge in [0, 0.05) is 43.1 Å². The SMILES string of the molecule is CC1CC(C)C(CNC(=O)C2CC(C)NC3C2CNN3C(C)C)C(=O)N1. The van der Waals surface area contributed by atoms with Crippen LogP contribution in [-0.2, 0) is 9.59 Å². The Bertz CT molecular complexity index is 540. The minimum Gasteiger partial charge on any atom is -0.355 e. The quantitative estimate of drug-likeness (QED) is 0.581. The lowest BCUT2D eigenvalue weighted by Crippen LogP contribution is -2.59. The summed E-state index contributed by atoms with van der Waals surface area (Å²) in [6.07, 6.45) is 1.99.